The molecule has 2 aromatic heterocycles. The van der Waals surface area contributed by atoms with Crippen LogP contribution in [0.1, 0.15) is 34.5 Å². The van der Waals surface area contributed by atoms with Crippen LogP contribution in [-0.2, 0) is 19.4 Å². The van der Waals surface area contributed by atoms with Crippen molar-refractivity contribution in [1.82, 2.24) is 14.3 Å². The van der Waals surface area contributed by atoms with E-state index in [4.69, 9.17) is 4.74 Å². The van der Waals surface area contributed by atoms with Gasteiger partial charge >= 0.3 is 0 Å². The van der Waals surface area contributed by atoms with Crippen LogP contribution in [0.2, 0.25) is 0 Å². The van der Waals surface area contributed by atoms with Crippen molar-refractivity contribution in [3.8, 4) is 17.2 Å². The lowest BCUT2D eigenvalue weighted by molar-refractivity contribution is 0.0990. The minimum absolute atomic E-state index is 0.0145. The number of halogens is 2. The molecular formula is C30H23F2N3O3. The zero-order valence-corrected chi connectivity index (χ0v) is 20.4. The van der Waals surface area contributed by atoms with Gasteiger partial charge in [-0.15, -0.1) is 0 Å². The molecule has 190 valence electrons. The molecule has 5 aromatic rings. The molecule has 38 heavy (non-hydrogen) atoms. The third-order valence-corrected chi connectivity index (χ3v) is 6.83. The molecule has 3 aromatic carbocycles. The molecule has 6 rings (SSSR count). The molecule has 1 aliphatic rings. The van der Waals surface area contributed by atoms with Gasteiger partial charge in [-0.1, -0.05) is 30.3 Å². The summed E-state index contributed by atoms with van der Waals surface area (Å²) in [5.74, 6) is -1.12. The van der Waals surface area contributed by atoms with Gasteiger partial charge in [0, 0.05) is 24.5 Å². The number of carbonyl (C=O) groups is 1. The summed E-state index contributed by atoms with van der Waals surface area (Å²) in [5, 5.41) is 0.748. The topological polar surface area (TPSA) is 66.1 Å². The number of hydrogen-bond donors (Lipinski definition) is 0. The Bertz CT molecular complexity index is 1750. The van der Waals surface area contributed by atoms with Crippen molar-refractivity contribution in [2.75, 3.05) is 0 Å². The molecule has 1 aliphatic heterocycles. The van der Waals surface area contributed by atoms with Gasteiger partial charge in [-0.2, -0.15) is 0 Å². The molecule has 0 atom stereocenters. The third kappa shape index (κ3) is 4.18. The molecule has 0 spiro atoms. The molecule has 0 saturated heterocycles. The predicted octanol–water partition coefficient (Wildman–Crippen LogP) is 6.02. The van der Waals surface area contributed by atoms with E-state index < -0.39 is 23.0 Å². The minimum atomic E-state index is -0.626. The van der Waals surface area contributed by atoms with Crippen LogP contribution in [0.15, 0.2) is 83.8 Å². The predicted molar refractivity (Wildman–Crippen MR) is 139 cm³/mol. The fourth-order valence-corrected chi connectivity index (χ4v) is 5.06. The highest BCUT2D eigenvalue weighted by atomic mass is 19.1. The molecule has 8 heteroatoms. The van der Waals surface area contributed by atoms with E-state index in [-0.39, 0.29) is 23.4 Å². The van der Waals surface area contributed by atoms with Crippen LogP contribution < -0.4 is 10.3 Å². The summed E-state index contributed by atoms with van der Waals surface area (Å²) in [6.07, 6.45) is 3.61. The molecule has 0 fully saturated rings. The zero-order valence-electron chi connectivity index (χ0n) is 20.4. The molecule has 0 saturated carbocycles. The summed E-state index contributed by atoms with van der Waals surface area (Å²) >= 11 is 0. The monoisotopic (exact) mass is 511 g/mol. The highest BCUT2D eigenvalue weighted by molar-refractivity contribution is 5.98. The lowest BCUT2D eigenvalue weighted by Crippen LogP contribution is -2.25. The molecule has 6 nitrogen and oxygen atoms in total. The Morgan fingerprint density at radius 1 is 0.921 bits per heavy atom. The number of fused-ring (bicyclic) bond motifs is 2. The molecule has 3 heterocycles. The number of para-hydroxylation sites is 2. The second kappa shape index (κ2) is 9.70. The van der Waals surface area contributed by atoms with Gasteiger partial charge in [-0.25, -0.2) is 13.5 Å². The molecule has 0 amide bonds. The van der Waals surface area contributed by atoms with Crippen molar-refractivity contribution in [3.63, 3.8) is 0 Å². The SMILES string of the molecule is O=C(Cc1ccc(Oc2ccnc3ccccc23)c(F)c1)c1c2n(n(-c3ccccc3F)c1=O)CCCC2. The number of Topliss-reactive ketones (excluding diaryl/α,β-unsaturated/α-hetero) is 1. The van der Waals surface area contributed by atoms with Crippen molar-refractivity contribution < 1.29 is 18.3 Å². The van der Waals surface area contributed by atoms with E-state index in [9.17, 15) is 14.0 Å². The van der Waals surface area contributed by atoms with Crippen LogP contribution in [-0.4, -0.2) is 20.1 Å². The van der Waals surface area contributed by atoms with Crippen molar-refractivity contribution in [2.24, 2.45) is 0 Å². The Kier molecular flexibility index (Phi) is 6.07. The van der Waals surface area contributed by atoms with E-state index in [1.165, 1.54) is 28.9 Å². The summed E-state index contributed by atoms with van der Waals surface area (Å²) < 4.78 is 38.4. The van der Waals surface area contributed by atoms with Gasteiger partial charge in [0.15, 0.2) is 17.3 Å². The fraction of sp³-hybridized carbons (Fsp3) is 0.167. The highest BCUT2D eigenvalue weighted by Crippen LogP contribution is 2.31. The Morgan fingerprint density at radius 3 is 2.58 bits per heavy atom. The number of carbonyl (C=O) groups excluding carboxylic acids is 1. The van der Waals surface area contributed by atoms with E-state index in [1.807, 2.05) is 24.3 Å². The van der Waals surface area contributed by atoms with Crippen LogP contribution in [0.3, 0.4) is 0 Å². The number of rotatable bonds is 6. The minimum Gasteiger partial charge on any atom is -0.454 e. The van der Waals surface area contributed by atoms with Gasteiger partial charge < -0.3 is 4.74 Å². The smallest absolute Gasteiger partial charge is 0.282 e. The first-order chi connectivity index (χ1) is 18.5. The van der Waals surface area contributed by atoms with Crippen molar-refractivity contribution >= 4 is 16.7 Å². The second-order valence-corrected chi connectivity index (χ2v) is 9.26. The molecule has 0 aliphatic carbocycles. The second-order valence-electron chi connectivity index (χ2n) is 9.26. The van der Waals surface area contributed by atoms with E-state index in [2.05, 4.69) is 4.98 Å². The lowest BCUT2D eigenvalue weighted by Gasteiger charge is -2.19. The summed E-state index contributed by atoms with van der Waals surface area (Å²) in [4.78, 5) is 31.1. The van der Waals surface area contributed by atoms with E-state index in [1.54, 1.807) is 35.1 Å². The number of ketones is 1. The molecule has 0 bridgehead atoms. The average molecular weight is 512 g/mol. The normalized spacial score (nSPS) is 12.9. The standard InChI is InChI=1S/C30H23F2N3O3/c31-21-8-2-4-10-24(21)35-30(37)29(25-11-5-6-16-34(25)35)26(36)18-19-12-13-28(22(32)17-19)38-27-14-15-33-23-9-3-1-7-20(23)27/h1-4,7-10,12-15,17H,5-6,11,16,18H2. The number of aromatic nitrogens is 3. The fourth-order valence-electron chi connectivity index (χ4n) is 5.06. The molecule has 0 N–H and O–H groups in total. The largest absolute Gasteiger partial charge is 0.454 e. The van der Waals surface area contributed by atoms with Crippen LogP contribution >= 0.6 is 0 Å². The maximum atomic E-state index is 15.0. The van der Waals surface area contributed by atoms with Crippen molar-refractivity contribution in [2.45, 2.75) is 32.2 Å². The van der Waals surface area contributed by atoms with E-state index in [0.717, 1.165) is 23.7 Å². The van der Waals surface area contributed by atoms with Crippen molar-refractivity contribution in [3.05, 3.63) is 118 Å². The Morgan fingerprint density at radius 2 is 1.74 bits per heavy atom. The Balaban J connectivity index is 1.30. The lowest BCUT2D eigenvalue weighted by atomic mass is 9.99. The van der Waals surface area contributed by atoms with Gasteiger partial charge in [0.1, 0.15) is 22.8 Å². The number of pyridine rings is 1. The maximum absolute atomic E-state index is 15.0. The summed E-state index contributed by atoms with van der Waals surface area (Å²) in [5.41, 5.74) is 1.32. The van der Waals surface area contributed by atoms with E-state index >= 15 is 4.39 Å². The van der Waals surface area contributed by atoms with Gasteiger partial charge in [0.05, 0.1) is 11.2 Å². The van der Waals surface area contributed by atoms with Crippen molar-refractivity contribution in [1.29, 1.82) is 0 Å². The van der Waals surface area contributed by atoms with Crippen LogP contribution in [0.5, 0.6) is 11.5 Å². The number of ether oxygens (including phenoxy) is 1. The number of nitrogens with zero attached hydrogens (tertiary/aromatic N) is 3. The summed E-state index contributed by atoms with van der Waals surface area (Å²) in [6, 6.07) is 19.4. The molecule has 0 unspecified atom stereocenters. The summed E-state index contributed by atoms with van der Waals surface area (Å²) in [7, 11) is 0. The van der Waals surface area contributed by atoms with Crippen LogP contribution in [0.25, 0.3) is 16.6 Å². The van der Waals surface area contributed by atoms with Gasteiger partial charge in [-0.05, 0) is 67.3 Å². The third-order valence-electron chi connectivity index (χ3n) is 6.83. The van der Waals surface area contributed by atoms with Gasteiger partial charge in [0.2, 0.25) is 0 Å². The Labute approximate surface area is 216 Å². The molecular weight excluding hydrogens is 488 g/mol. The Hall–Kier alpha value is -4.59. The zero-order chi connectivity index (χ0) is 26.2. The van der Waals surface area contributed by atoms with Crippen LogP contribution in [0, 0.1) is 11.6 Å². The average Bonchev–Trinajstić information content (AvgIpc) is 3.22. The maximum Gasteiger partial charge on any atom is 0.282 e. The number of hydrogen-bond acceptors (Lipinski definition) is 4. The quantitative estimate of drug-likeness (QED) is 0.262. The first-order valence-electron chi connectivity index (χ1n) is 12.4. The highest BCUT2D eigenvalue weighted by Gasteiger charge is 2.28. The first kappa shape index (κ1) is 23.8. The number of benzene rings is 3. The van der Waals surface area contributed by atoms with Gasteiger partial charge in [-0.3, -0.25) is 19.3 Å². The molecule has 0 radical (unpaired) electrons. The van der Waals surface area contributed by atoms with E-state index in [0.29, 0.717) is 30.0 Å². The van der Waals surface area contributed by atoms with Crippen LogP contribution in [0.4, 0.5) is 8.78 Å². The summed E-state index contributed by atoms with van der Waals surface area (Å²) in [6.45, 7) is 0.510. The first-order valence-corrected chi connectivity index (χ1v) is 12.4. The van der Waals surface area contributed by atoms with Gasteiger partial charge in [0.25, 0.3) is 5.56 Å².